The van der Waals surface area contributed by atoms with Crippen LogP contribution in [0.3, 0.4) is 0 Å². The third kappa shape index (κ3) is 2.36. The molecule has 2 atom stereocenters. The second-order valence-electron chi connectivity index (χ2n) is 7.61. The van der Waals surface area contributed by atoms with Crippen molar-refractivity contribution >= 4 is 16.9 Å². The Kier molecular flexibility index (Phi) is 3.59. The van der Waals surface area contributed by atoms with Crippen LogP contribution in [0.15, 0.2) is 48.8 Å². The summed E-state index contributed by atoms with van der Waals surface area (Å²) in [6.07, 6.45) is 6.20. The molecule has 1 aromatic heterocycles. The lowest BCUT2D eigenvalue weighted by molar-refractivity contribution is 0.0547. The van der Waals surface area contributed by atoms with Gasteiger partial charge in [-0.15, -0.1) is 0 Å². The van der Waals surface area contributed by atoms with Gasteiger partial charge in [0.15, 0.2) is 0 Å². The van der Waals surface area contributed by atoms with Gasteiger partial charge in [-0.2, -0.15) is 0 Å². The van der Waals surface area contributed by atoms with E-state index in [2.05, 4.69) is 34.1 Å². The van der Waals surface area contributed by atoms with Gasteiger partial charge in [0, 0.05) is 31.1 Å². The number of rotatable bonds is 1. The Morgan fingerprint density at radius 2 is 2.04 bits per heavy atom. The van der Waals surface area contributed by atoms with E-state index in [0.717, 1.165) is 42.4 Å². The molecule has 132 valence electrons. The normalized spacial score (nSPS) is 22.1. The molecule has 0 bridgehead atoms. The van der Waals surface area contributed by atoms with Crippen LogP contribution in [0.4, 0.5) is 0 Å². The van der Waals surface area contributed by atoms with Crippen molar-refractivity contribution in [3.8, 4) is 0 Å². The number of fused-ring (bicyclic) bond motifs is 4. The molecule has 5 rings (SSSR count). The van der Waals surface area contributed by atoms with Crippen LogP contribution in [0.25, 0.3) is 11.0 Å². The molecule has 1 aliphatic heterocycles. The van der Waals surface area contributed by atoms with E-state index in [1.54, 1.807) is 6.33 Å². The highest BCUT2D eigenvalue weighted by Crippen LogP contribution is 2.41. The minimum atomic E-state index is 0.159. The molecule has 1 amide bonds. The first-order valence-corrected chi connectivity index (χ1v) is 9.52. The van der Waals surface area contributed by atoms with E-state index in [-0.39, 0.29) is 5.91 Å². The summed E-state index contributed by atoms with van der Waals surface area (Å²) in [5.74, 6) is 0.642. The van der Waals surface area contributed by atoms with Crippen LogP contribution in [-0.4, -0.2) is 32.9 Å². The number of carbonyl (C=O) groups is 1. The van der Waals surface area contributed by atoms with Crippen molar-refractivity contribution in [3.63, 3.8) is 0 Å². The smallest absolute Gasteiger partial charge is 0.254 e. The summed E-state index contributed by atoms with van der Waals surface area (Å²) < 4.78 is 1.98. The molecule has 2 aliphatic rings. The Hall–Kier alpha value is -2.62. The molecule has 0 unspecified atom stereocenters. The second-order valence-corrected chi connectivity index (χ2v) is 7.61. The summed E-state index contributed by atoms with van der Waals surface area (Å²) in [5, 5.41) is 0. The number of piperidine rings is 1. The van der Waals surface area contributed by atoms with Crippen LogP contribution in [0.5, 0.6) is 0 Å². The topological polar surface area (TPSA) is 38.1 Å². The molecule has 1 aliphatic carbocycles. The van der Waals surface area contributed by atoms with Crippen LogP contribution < -0.4 is 0 Å². The first-order valence-electron chi connectivity index (χ1n) is 9.52. The minimum Gasteiger partial charge on any atom is -0.335 e. The lowest BCUT2D eigenvalue weighted by Gasteiger charge is -2.45. The average Bonchev–Trinajstić information content (AvgIpc) is 3.07. The highest BCUT2D eigenvalue weighted by Gasteiger charge is 2.38. The van der Waals surface area contributed by atoms with Gasteiger partial charge < -0.3 is 9.47 Å². The number of aromatic nitrogens is 2. The van der Waals surface area contributed by atoms with Crippen molar-refractivity contribution in [1.82, 2.24) is 14.5 Å². The van der Waals surface area contributed by atoms with E-state index in [1.165, 1.54) is 17.5 Å². The Bertz CT molecular complexity index is 990. The third-order valence-electron chi connectivity index (χ3n) is 6.18. The van der Waals surface area contributed by atoms with Gasteiger partial charge in [0.05, 0.1) is 17.4 Å². The predicted octanol–water partition coefficient (Wildman–Crippen LogP) is 3.91. The van der Waals surface area contributed by atoms with Crippen LogP contribution in [0.1, 0.15) is 46.7 Å². The van der Waals surface area contributed by atoms with Gasteiger partial charge in [-0.25, -0.2) is 4.98 Å². The largest absolute Gasteiger partial charge is 0.335 e. The molecule has 2 heterocycles. The van der Waals surface area contributed by atoms with Crippen LogP contribution in [-0.2, 0) is 13.5 Å². The van der Waals surface area contributed by atoms with Gasteiger partial charge in [0.1, 0.15) is 0 Å². The molecule has 2 aromatic carbocycles. The van der Waals surface area contributed by atoms with Crippen molar-refractivity contribution < 1.29 is 4.79 Å². The fourth-order valence-electron chi connectivity index (χ4n) is 4.89. The van der Waals surface area contributed by atoms with Crippen LogP contribution in [0.2, 0.25) is 0 Å². The molecule has 1 fully saturated rings. The molecule has 0 spiro atoms. The van der Waals surface area contributed by atoms with Crippen LogP contribution in [0, 0.1) is 0 Å². The molecular weight excluding hydrogens is 322 g/mol. The maximum Gasteiger partial charge on any atom is 0.254 e. The van der Waals surface area contributed by atoms with Gasteiger partial charge in [-0.1, -0.05) is 24.3 Å². The summed E-state index contributed by atoms with van der Waals surface area (Å²) in [6, 6.07) is 15.0. The summed E-state index contributed by atoms with van der Waals surface area (Å²) in [7, 11) is 1.98. The number of aryl methyl sites for hydroxylation is 2. The van der Waals surface area contributed by atoms with Gasteiger partial charge in [0.2, 0.25) is 0 Å². The fraction of sp³-hybridized carbons (Fsp3) is 0.364. The number of hydrogen-bond acceptors (Lipinski definition) is 2. The molecule has 3 aromatic rings. The van der Waals surface area contributed by atoms with Crippen molar-refractivity contribution in [2.24, 2.45) is 7.05 Å². The molecule has 4 nitrogen and oxygen atoms in total. The number of benzene rings is 2. The lowest BCUT2D eigenvalue weighted by Crippen LogP contribution is -2.49. The highest BCUT2D eigenvalue weighted by molar-refractivity contribution is 5.97. The zero-order valence-corrected chi connectivity index (χ0v) is 15.1. The Morgan fingerprint density at radius 1 is 1.15 bits per heavy atom. The molecular formula is C22H23N3O. The Morgan fingerprint density at radius 3 is 2.96 bits per heavy atom. The van der Waals surface area contributed by atoms with Crippen LogP contribution >= 0.6 is 0 Å². The third-order valence-corrected chi connectivity index (χ3v) is 6.18. The molecule has 0 radical (unpaired) electrons. The SMILES string of the molecule is Cn1cnc2cc(C(=O)N3CCC[C@H]4c5ccccc5CC[C@H]43)ccc21. The van der Waals surface area contributed by atoms with E-state index in [1.807, 2.05) is 29.8 Å². The molecule has 0 N–H and O–H groups in total. The number of amides is 1. The number of nitrogens with zero attached hydrogens (tertiary/aromatic N) is 3. The maximum absolute atomic E-state index is 13.3. The first-order chi connectivity index (χ1) is 12.7. The minimum absolute atomic E-state index is 0.159. The summed E-state index contributed by atoms with van der Waals surface area (Å²) in [6.45, 7) is 0.864. The highest BCUT2D eigenvalue weighted by atomic mass is 16.2. The van der Waals surface area contributed by atoms with Crippen molar-refractivity contribution in [2.75, 3.05) is 6.54 Å². The zero-order valence-electron chi connectivity index (χ0n) is 15.1. The van der Waals surface area contributed by atoms with E-state index < -0.39 is 0 Å². The summed E-state index contributed by atoms with van der Waals surface area (Å²) >= 11 is 0. The maximum atomic E-state index is 13.3. The number of carbonyl (C=O) groups excluding carboxylic acids is 1. The molecule has 26 heavy (non-hydrogen) atoms. The first kappa shape index (κ1) is 15.6. The Balaban J connectivity index is 1.48. The van der Waals surface area contributed by atoms with Crippen molar-refractivity contribution in [1.29, 1.82) is 0 Å². The summed E-state index contributed by atoms with van der Waals surface area (Å²) in [4.78, 5) is 19.9. The monoisotopic (exact) mass is 345 g/mol. The van der Waals surface area contributed by atoms with Gasteiger partial charge in [-0.3, -0.25) is 4.79 Å². The standard InChI is InChI=1S/C22H23N3O/c1-24-14-23-19-13-16(9-11-21(19)24)22(26)25-12-4-7-18-17-6-3-2-5-15(17)8-10-20(18)25/h2-3,5-6,9,11,13-14,18,20H,4,7-8,10,12H2,1H3/t18-,20+/m0/s1. The summed E-state index contributed by atoms with van der Waals surface area (Å²) in [5.41, 5.74) is 5.64. The van der Waals surface area contributed by atoms with Gasteiger partial charge in [-0.05, 0) is 55.0 Å². The Labute approximate surface area is 153 Å². The molecule has 0 saturated carbocycles. The van der Waals surface area contributed by atoms with Crippen molar-refractivity contribution in [3.05, 3.63) is 65.5 Å². The predicted molar refractivity (Wildman–Crippen MR) is 102 cm³/mol. The van der Waals surface area contributed by atoms with Crippen molar-refractivity contribution in [2.45, 2.75) is 37.6 Å². The second kappa shape index (κ2) is 5.97. The van der Waals surface area contributed by atoms with E-state index in [4.69, 9.17) is 0 Å². The number of hydrogen-bond donors (Lipinski definition) is 0. The van der Waals surface area contributed by atoms with E-state index >= 15 is 0 Å². The lowest BCUT2D eigenvalue weighted by atomic mass is 9.74. The zero-order chi connectivity index (χ0) is 17.7. The van der Waals surface area contributed by atoms with Gasteiger partial charge >= 0.3 is 0 Å². The van der Waals surface area contributed by atoms with E-state index in [9.17, 15) is 4.79 Å². The molecule has 1 saturated heterocycles. The number of likely N-dealkylation sites (tertiary alicyclic amines) is 1. The quantitative estimate of drug-likeness (QED) is 0.671. The molecule has 4 heteroatoms. The van der Waals surface area contributed by atoms with Gasteiger partial charge in [0.25, 0.3) is 5.91 Å². The number of imidazole rings is 1. The van der Waals surface area contributed by atoms with E-state index in [0.29, 0.717) is 12.0 Å². The fourth-order valence-corrected chi connectivity index (χ4v) is 4.89. The average molecular weight is 345 g/mol.